The van der Waals surface area contributed by atoms with Crippen LogP contribution in [0.15, 0.2) is 36.5 Å². The molecule has 0 spiro atoms. The summed E-state index contributed by atoms with van der Waals surface area (Å²) >= 11 is 0. The van der Waals surface area contributed by atoms with Crippen molar-refractivity contribution >= 4 is 0 Å². The number of fused-ring (bicyclic) bond motifs is 1. The van der Waals surface area contributed by atoms with Gasteiger partial charge in [-0.2, -0.15) is 0 Å². The van der Waals surface area contributed by atoms with Crippen molar-refractivity contribution < 1.29 is 9.13 Å². The number of nitrogens with one attached hydrogen (secondary N) is 1. The molecule has 1 aromatic carbocycles. The summed E-state index contributed by atoms with van der Waals surface area (Å²) in [5, 5.41) is 3.58. The van der Waals surface area contributed by atoms with Crippen LogP contribution in [0.25, 0.3) is 0 Å². The van der Waals surface area contributed by atoms with Crippen molar-refractivity contribution in [3.05, 3.63) is 59.2 Å². The normalized spacial score (nSPS) is 17.1. The third kappa shape index (κ3) is 3.28. The molecule has 0 saturated carbocycles. The quantitative estimate of drug-likeness (QED) is 0.918. The molecule has 1 N–H and O–H groups in total. The molecule has 3 nitrogen and oxygen atoms in total. The molecule has 1 aliphatic rings. The fraction of sp³-hybridized carbons (Fsp3) is 0.389. The summed E-state index contributed by atoms with van der Waals surface area (Å²) < 4.78 is 18.7. The van der Waals surface area contributed by atoms with E-state index in [0.29, 0.717) is 6.04 Å². The van der Waals surface area contributed by atoms with E-state index in [4.69, 9.17) is 4.74 Å². The van der Waals surface area contributed by atoms with Gasteiger partial charge in [0.1, 0.15) is 11.6 Å². The monoisotopic (exact) mass is 300 g/mol. The number of aryl methyl sites for hydroxylation is 1. The molecule has 0 fully saturated rings. The summed E-state index contributed by atoms with van der Waals surface area (Å²) in [5.41, 5.74) is 3.41. The molecular weight excluding hydrogens is 279 g/mol. The lowest BCUT2D eigenvalue weighted by Crippen LogP contribution is -2.27. The predicted octanol–water partition coefficient (Wildman–Crippen LogP) is 3.44. The van der Waals surface area contributed by atoms with Crippen molar-refractivity contribution in [1.82, 2.24) is 10.3 Å². The van der Waals surface area contributed by atoms with Crippen LogP contribution < -0.4 is 10.1 Å². The van der Waals surface area contributed by atoms with Crippen LogP contribution in [0.5, 0.6) is 5.75 Å². The van der Waals surface area contributed by atoms with Gasteiger partial charge < -0.3 is 10.1 Å². The molecule has 1 aromatic heterocycles. The van der Waals surface area contributed by atoms with Crippen molar-refractivity contribution in [3.63, 3.8) is 0 Å². The van der Waals surface area contributed by atoms with Crippen LogP contribution in [-0.4, -0.2) is 18.6 Å². The summed E-state index contributed by atoms with van der Waals surface area (Å²) in [5.74, 6) is 0.525. The Kier molecular flexibility index (Phi) is 4.68. The molecule has 0 aliphatic heterocycles. The van der Waals surface area contributed by atoms with Gasteiger partial charge in [-0.15, -0.1) is 0 Å². The summed E-state index contributed by atoms with van der Waals surface area (Å²) in [6.07, 6.45) is 5.95. The van der Waals surface area contributed by atoms with Crippen LogP contribution in [-0.2, 0) is 12.8 Å². The standard InChI is InChI=1S/C18H21FN2O/c1-22-18-8-7-14(19)12-13(18)9-11-21-17-6-2-5-16-15(17)4-3-10-20-16/h3-4,7-8,10,12,17,21H,2,5-6,9,11H2,1H3. The number of halogens is 1. The van der Waals surface area contributed by atoms with E-state index in [-0.39, 0.29) is 5.82 Å². The Hall–Kier alpha value is -1.94. The summed E-state index contributed by atoms with van der Waals surface area (Å²) in [4.78, 5) is 4.47. The Bertz CT molecular complexity index is 645. The molecule has 0 amide bonds. The second-order valence-corrected chi connectivity index (χ2v) is 5.64. The van der Waals surface area contributed by atoms with Crippen molar-refractivity contribution in [3.8, 4) is 5.75 Å². The number of aromatic nitrogens is 1. The molecule has 3 rings (SSSR count). The molecule has 116 valence electrons. The Morgan fingerprint density at radius 3 is 3.14 bits per heavy atom. The number of rotatable bonds is 5. The van der Waals surface area contributed by atoms with Gasteiger partial charge in [0, 0.05) is 17.9 Å². The number of methoxy groups -OCH3 is 1. The van der Waals surface area contributed by atoms with Crippen LogP contribution in [0, 0.1) is 5.82 Å². The molecule has 0 radical (unpaired) electrons. The van der Waals surface area contributed by atoms with Crippen molar-refractivity contribution in [2.75, 3.05) is 13.7 Å². The van der Waals surface area contributed by atoms with Crippen LogP contribution in [0.2, 0.25) is 0 Å². The average molecular weight is 300 g/mol. The first-order valence-corrected chi connectivity index (χ1v) is 7.77. The van der Waals surface area contributed by atoms with Gasteiger partial charge in [-0.25, -0.2) is 4.39 Å². The third-order valence-corrected chi connectivity index (χ3v) is 4.23. The highest BCUT2D eigenvalue weighted by Gasteiger charge is 2.20. The highest BCUT2D eigenvalue weighted by molar-refractivity contribution is 5.34. The van der Waals surface area contributed by atoms with Crippen molar-refractivity contribution in [1.29, 1.82) is 0 Å². The molecule has 22 heavy (non-hydrogen) atoms. The highest BCUT2D eigenvalue weighted by atomic mass is 19.1. The number of hydrogen-bond donors (Lipinski definition) is 1. The first-order chi connectivity index (χ1) is 10.8. The van der Waals surface area contributed by atoms with E-state index in [9.17, 15) is 4.39 Å². The van der Waals surface area contributed by atoms with Gasteiger partial charge in [-0.1, -0.05) is 6.07 Å². The minimum atomic E-state index is -0.219. The van der Waals surface area contributed by atoms with Gasteiger partial charge in [-0.05, 0) is 67.6 Å². The molecule has 2 aromatic rings. The Morgan fingerprint density at radius 2 is 2.27 bits per heavy atom. The number of nitrogens with zero attached hydrogens (tertiary/aromatic N) is 1. The lowest BCUT2D eigenvalue weighted by Gasteiger charge is -2.25. The van der Waals surface area contributed by atoms with E-state index in [1.165, 1.54) is 17.3 Å². The number of benzene rings is 1. The van der Waals surface area contributed by atoms with Crippen LogP contribution in [0.3, 0.4) is 0 Å². The fourth-order valence-electron chi connectivity index (χ4n) is 3.14. The number of ether oxygens (including phenoxy) is 1. The maximum absolute atomic E-state index is 13.4. The maximum atomic E-state index is 13.4. The van der Waals surface area contributed by atoms with Gasteiger partial charge in [0.25, 0.3) is 0 Å². The Balaban J connectivity index is 1.64. The summed E-state index contributed by atoms with van der Waals surface area (Å²) in [6.45, 7) is 0.790. The van der Waals surface area contributed by atoms with E-state index in [1.807, 2.05) is 12.3 Å². The topological polar surface area (TPSA) is 34.1 Å². The Morgan fingerprint density at radius 1 is 1.36 bits per heavy atom. The summed E-state index contributed by atoms with van der Waals surface area (Å²) in [6, 6.07) is 9.16. The largest absolute Gasteiger partial charge is 0.496 e. The molecule has 1 aliphatic carbocycles. The molecule has 4 heteroatoms. The van der Waals surface area contributed by atoms with Gasteiger partial charge in [0.15, 0.2) is 0 Å². The first-order valence-electron chi connectivity index (χ1n) is 7.77. The minimum absolute atomic E-state index is 0.219. The number of hydrogen-bond acceptors (Lipinski definition) is 3. The zero-order valence-electron chi connectivity index (χ0n) is 12.8. The maximum Gasteiger partial charge on any atom is 0.123 e. The van der Waals surface area contributed by atoms with Crippen LogP contribution >= 0.6 is 0 Å². The van der Waals surface area contributed by atoms with Gasteiger partial charge in [-0.3, -0.25) is 4.98 Å². The molecular formula is C18H21FN2O. The SMILES string of the molecule is COc1ccc(F)cc1CCNC1CCCc2ncccc21. The van der Waals surface area contributed by atoms with E-state index in [2.05, 4.69) is 16.4 Å². The van der Waals surface area contributed by atoms with Crippen molar-refractivity contribution in [2.45, 2.75) is 31.7 Å². The zero-order valence-corrected chi connectivity index (χ0v) is 12.8. The lowest BCUT2D eigenvalue weighted by atomic mass is 9.91. The third-order valence-electron chi connectivity index (χ3n) is 4.23. The smallest absolute Gasteiger partial charge is 0.123 e. The average Bonchev–Trinajstić information content (AvgIpc) is 2.55. The molecule has 1 atom stereocenters. The molecule has 1 unspecified atom stereocenters. The first kappa shape index (κ1) is 15.0. The van der Waals surface area contributed by atoms with Crippen LogP contribution in [0.1, 0.15) is 35.7 Å². The van der Waals surface area contributed by atoms with Gasteiger partial charge in [0.2, 0.25) is 0 Å². The fourth-order valence-corrected chi connectivity index (χ4v) is 3.14. The lowest BCUT2D eigenvalue weighted by molar-refractivity contribution is 0.405. The van der Waals surface area contributed by atoms with E-state index >= 15 is 0 Å². The van der Waals surface area contributed by atoms with E-state index < -0.39 is 0 Å². The van der Waals surface area contributed by atoms with Gasteiger partial charge in [0.05, 0.1) is 7.11 Å². The second kappa shape index (κ2) is 6.88. The Labute approximate surface area is 130 Å². The summed E-state index contributed by atoms with van der Waals surface area (Å²) in [7, 11) is 1.62. The van der Waals surface area contributed by atoms with E-state index in [0.717, 1.165) is 43.5 Å². The molecule has 0 bridgehead atoms. The minimum Gasteiger partial charge on any atom is -0.496 e. The second-order valence-electron chi connectivity index (χ2n) is 5.64. The number of pyridine rings is 1. The van der Waals surface area contributed by atoms with Crippen molar-refractivity contribution in [2.24, 2.45) is 0 Å². The molecule has 1 heterocycles. The van der Waals surface area contributed by atoms with E-state index in [1.54, 1.807) is 19.2 Å². The zero-order chi connectivity index (χ0) is 15.4. The predicted molar refractivity (Wildman–Crippen MR) is 84.6 cm³/mol. The van der Waals surface area contributed by atoms with Crippen LogP contribution in [0.4, 0.5) is 4.39 Å². The molecule has 0 saturated heterocycles. The highest BCUT2D eigenvalue weighted by Crippen LogP contribution is 2.28. The van der Waals surface area contributed by atoms with Gasteiger partial charge >= 0.3 is 0 Å².